The van der Waals surface area contributed by atoms with Crippen molar-refractivity contribution in [2.45, 2.75) is 12.8 Å². The second kappa shape index (κ2) is 9.59. The molecule has 0 aliphatic rings. The van der Waals surface area contributed by atoms with E-state index in [2.05, 4.69) is 28.1 Å². The number of hydrogen-bond acceptors (Lipinski definition) is 4. The summed E-state index contributed by atoms with van der Waals surface area (Å²) in [5.74, 6) is 0.497. The minimum Gasteiger partial charge on any atom is -0.422 e. The molecule has 0 spiro atoms. The number of fused-ring (bicyclic) bond motifs is 2. The molecule has 6 aromatic rings. The first-order valence-corrected chi connectivity index (χ1v) is 12.1. The number of carbonyl (C=O) groups excluding carboxylic acids is 1. The first kappa shape index (κ1) is 22.5. The van der Waals surface area contributed by atoms with Gasteiger partial charge in [-0.3, -0.25) is 9.36 Å². The number of hydrogen-bond donors (Lipinski definition) is 1. The standard InChI is InChI=1S/C31H23N3O3/c35-30(25-20-22-8-4-7-13-28(22)37-31(25)36)32-23-17-14-21(15-18-23)16-19-29-33-26-11-5-6-12-27(26)34(29)24-9-2-1-3-10-24/h1-15,17-18,20H,16,19H2,(H,32,35). The van der Waals surface area contributed by atoms with Gasteiger partial charge in [-0.25, -0.2) is 9.78 Å². The number of nitrogens with zero attached hydrogens (tertiary/aromatic N) is 2. The molecule has 6 heteroatoms. The van der Waals surface area contributed by atoms with Crippen LogP contribution in [0.1, 0.15) is 21.7 Å². The average Bonchev–Trinajstić information content (AvgIpc) is 3.31. The van der Waals surface area contributed by atoms with Crippen LogP contribution in [0.2, 0.25) is 0 Å². The fraction of sp³-hybridized carbons (Fsp3) is 0.0645. The van der Waals surface area contributed by atoms with Gasteiger partial charge in [0.15, 0.2) is 0 Å². The van der Waals surface area contributed by atoms with Gasteiger partial charge in [-0.2, -0.15) is 0 Å². The molecule has 1 N–H and O–H groups in total. The molecular formula is C31H23N3O3. The second-order valence-electron chi connectivity index (χ2n) is 8.82. The number of aromatic nitrogens is 2. The highest BCUT2D eigenvalue weighted by molar-refractivity contribution is 6.05. The third-order valence-electron chi connectivity index (χ3n) is 6.38. The molecule has 0 unspecified atom stereocenters. The Kier molecular flexibility index (Phi) is 5.83. The molecule has 0 radical (unpaired) electrons. The van der Waals surface area contributed by atoms with Crippen LogP contribution in [0.15, 0.2) is 118 Å². The number of benzene rings is 4. The second-order valence-corrected chi connectivity index (χ2v) is 8.82. The quantitative estimate of drug-likeness (QED) is 0.286. The smallest absolute Gasteiger partial charge is 0.349 e. The lowest BCUT2D eigenvalue weighted by atomic mass is 10.1. The number of imidazole rings is 1. The number of para-hydroxylation sites is 4. The molecule has 0 saturated heterocycles. The number of anilines is 1. The van der Waals surface area contributed by atoms with E-state index in [-0.39, 0.29) is 5.56 Å². The van der Waals surface area contributed by atoms with E-state index in [1.165, 1.54) is 0 Å². The molecule has 6 nitrogen and oxygen atoms in total. The van der Waals surface area contributed by atoms with Crippen LogP contribution in [0, 0.1) is 0 Å². The van der Waals surface area contributed by atoms with Crippen LogP contribution in [0.5, 0.6) is 0 Å². The summed E-state index contributed by atoms with van der Waals surface area (Å²) < 4.78 is 7.49. The molecule has 0 aliphatic heterocycles. The highest BCUT2D eigenvalue weighted by Gasteiger charge is 2.15. The summed E-state index contributed by atoms with van der Waals surface area (Å²) in [6.45, 7) is 0. The number of nitrogens with one attached hydrogen (secondary N) is 1. The lowest BCUT2D eigenvalue weighted by Crippen LogP contribution is -2.20. The van der Waals surface area contributed by atoms with Gasteiger partial charge in [0.1, 0.15) is 17.0 Å². The maximum absolute atomic E-state index is 12.7. The summed E-state index contributed by atoms with van der Waals surface area (Å²) >= 11 is 0. The van der Waals surface area contributed by atoms with Gasteiger partial charge in [0.05, 0.1) is 11.0 Å². The zero-order valence-electron chi connectivity index (χ0n) is 19.9. The van der Waals surface area contributed by atoms with Gasteiger partial charge < -0.3 is 9.73 Å². The number of amides is 1. The highest BCUT2D eigenvalue weighted by atomic mass is 16.4. The molecule has 1 amide bonds. The summed E-state index contributed by atoms with van der Waals surface area (Å²) in [6, 6.07) is 34.7. The molecule has 2 aromatic heterocycles. The molecule has 0 aliphatic carbocycles. The Hall–Kier alpha value is -4.97. The van der Waals surface area contributed by atoms with E-state index < -0.39 is 11.5 Å². The number of rotatable bonds is 6. The van der Waals surface area contributed by atoms with Gasteiger partial charge in [0.25, 0.3) is 5.91 Å². The molecule has 37 heavy (non-hydrogen) atoms. The van der Waals surface area contributed by atoms with Gasteiger partial charge in [0, 0.05) is 23.2 Å². The van der Waals surface area contributed by atoms with Crippen molar-refractivity contribution in [2.75, 3.05) is 5.32 Å². The summed E-state index contributed by atoms with van der Waals surface area (Å²) in [4.78, 5) is 29.9. The Morgan fingerprint density at radius 1 is 0.811 bits per heavy atom. The predicted molar refractivity (Wildman–Crippen MR) is 145 cm³/mol. The fourth-order valence-corrected chi connectivity index (χ4v) is 4.54. The normalized spacial score (nSPS) is 11.1. The number of carbonyl (C=O) groups is 1. The maximum Gasteiger partial charge on any atom is 0.349 e. The summed E-state index contributed by atoms with van der Waals surface area (Å²) in [5, 5.41) is 3.50. The Balaban J connectivity index is 1.19. The van der Waals surface area contributed by atoms with Crippen LogP contribution in [0.4, 0.5) is 5.69 Å². The molecule has 0 atom stereocenters. The summed E-state index contributed by atoms with van der Waals surface area (Å²) in [6.07, 6.45) is 1.55. The lowest BCUT2D eigenvalue weighted by Gasteiger charge is -2.10. The van der Waals surface area contributed by atoms with Crippen LogP contribution in [-0.2, 0) is 12.8 Å². The van der Waals surface area contributed by atoms with Crippen molar-refractivity contribution < 1.29 is 9.21 Å². The minimum absolute atomic E-state index is 0.0254. The van der Waals surface area contributed by atoms with E-state index in [9.17, 15) is 9.59 Å². The van der Waals surface area contributed by atoms with Crippen molar-refractivity contribution in [3.63, 3.8) is 0 Å². The van der Waals surface area contributed by atoms with Gasteiger partial charge in [-0.1, -0.05) is 60.7 Å². The van der Waals surface area contributed by atoms with Gasteiger partial charge in [-0.05, 0) is 60.5 Å². The monoisotopic (exact) mass is 485 g/mol. The predicted octanol–water partition coefficient (Wildman–Crippen LogP) is 6.17. The summed E-state index contributed by atoms with van der Waals surface area (Å²) in [7, 11) is 0. The molecule has 180 valence electrons. The van der Waals surface area contributed by atoms with Crippen LogP contribution in [-0.4, -0.2) is 15.5 Å². The van der Waals surface area contributed by atoms with Crippen molar-refractivity contribution >= 4 is 33.6 Å². The van der Waals surface area contributed by atoms with Crippen LogP contribution < -0.4 is 10.9 Å². The Bertz CT molecular complexity index is 1780. The van der Waals surface area contributed by atoms with Crippen molar-refractivity contribution in [3.8, 4) is 5.69 Å². The van der Waals surface area contributed by atoms with Crippen LogP contribution in [0.25, 0.3) is 27.7 Å². The molecule has 2 heterocycles. The van der Waals surface area contributed by atoms with Crippen molar-refractivity contribution in [2.24, 2.45) is 0 Å². The van der Waals surface area contributed by atoms with Gasteiger partial charge in [0.2, 0.25) is 0 Å². The minimum atomic E-state index is -0.658. The number of aryl methyl sites for hydroxylation is 2. The Morgan fingerprint density at radius 3 is 2.38 bits per heavy atom. The van der Waals surface area contributed by atoms with E-state index in [1.54, 1.807) is 24.3 Å². The van der Waals surface area contributed by atoms with Crippen molar-refractivity contribution in [1.82, 2.24) is 9.55 Å². The van der Waals surface area contributed by atoms with E-state index >= 15 is 0 Å². The van der Waals surface area contributed by atoms with Crippen molar-refractivity contribution in [3.05, 3.63) is 137 Å². The summed E-state index contributed by atoms with van der Waals surface area (Å²) in [5.41, 5.74) is 4.64. The zero-order valence-corrected chi connectivity index (χ0v) is 19.9. The van der Waals surface area contributed by atoms with E-state index in [0.717, 1.165) is 41.0 Å². The SMILES string of the molecule is O=C(Nc1ccc(CCc2nc3ccccc3n2-c2ccccc2)cc1)c1cc2ccccc2oc1=O. The fourth-order valence-electron chi connectivity index (χ4n) is 4.54. The average molecular weight is 486 g/mol. The third kappa shape index (κ3) is 4.52. The first-order valence-electron chi connectivity index (χ1n) is 12.1. The largest absolute Gasteiger partial charge is 0.422 e. The van der Waals surface area contributed by atoms with Gasteiger partial charge >= 0.3 is 5.63 Å². The third-order valence-corrected chi connectivity index (χ3v) is 6.38. The molecular weight excluding hydrogens is 462 g/mol. The van der Waals surface area contributed by atoms with E-state index in [4.69, 9.17) is 9.40 Å². The first-order chi connectivity index (χ1) is 18.2. The van der Waals surface area contributed by atoms with E-state index in [0.29, 0.717) is 16.7 Å². The molecule has 0 saturated carbocycles. The zero-order chi connectivity index (χ0) is 25.2. The van der Waals surface area contributed by atoms with Crippen molar-refractivity contribution in [1.29, 1.82) is 0 Å². The lowest BCUT2D eigenvalue weighted by molar-refractivity contribution is 0.102. The molecule has 0 fully saturated rings. The van der Waals surface area contributed by atoms with E-state index in [1.807, 2.05) is 66.7 Å². The molecule has 6 rings (SSSR count). The van der Waals surface area contributed by atoms with Gasteiger partial charge in [-0.15, -0.1) is 0 Å². The topological polar surface area (TPSA) is 77.1 Å². The van der Waals surface area contributed by atoms with Crippen LogP contribution >= 0.6 is 0 Å². The Morgan fingerprint density at radius 2 is 1.54 bits per heavy atom. The van der Waals surface area contributed by atoms with Crippen LogP contribution in [0.3, 0.4) is 0 Å². The molecule has 0 bridgehead atoms. The maximum atomic E-state index is 12.7. The highest BCUT2D eigenvalue weighted by Crippen LogP contribution is 2.23. The Labute approximate surface area is 212 Å². The molecule has 4 aromatic carbocycles.